The van der Waals surface area contributed by atoms with Gasteiger partial charge in [-0.3, -0.25) is 9.69 Å². The van der Waals surface area contributed by atoms with Crippen LogP contribution in [0.25, 0.3) is 0 Å². The lowest BCUT2D eigenvalue weighted by atomic mass is 10.2. The predicted molar refractivity (Wildman–Crippen MR) is 82.4 cm³/mol. The molecule has 3 N–H and O–H groups in total. The van der Waals surface area contributed by atoms with Crippen LogP contribution in [0, 0.1) is 5.82 Å². The quantitative estimate of drug-likeness (QED) is 0.840. The van der Waals surface area contributed by atoms with Crippen molar-refractivity contribution in [3.8, 4) is 0 Å². The fraction of sp³-hybridized carbons (Fsp3) is 0.500. The smallest absolute Gasteiger partial charge is 0.238 e. The van der Waals surface area contributed by atoms with Gasteiger partial charge in [-0.25, -0.2) is 4.39 Å². The predicted octanol–water partition coefficient (Wildman–Crippen LogP) is 2.17. The minimum atomic E-state index is -0.474. The Morgan fingerprint density at radius 1 is 1.55 bits per heavy atom. The number of nitrogens with two attached hydrogens (primary N) is 1. The molecular formula is C14H20FN3OS. The number of hydrogen-bond donors (Lipinski definition) is 2. The number of amides is 1. The van der Waals surface area contributed by atoms with Gasteiger partial charge in [0.25, 0.3) is 0 Å². The number of nitrogens with zero attached hydrogens (tertiary/aromatic N) is 1. The van der Waals surface area contributed by atoms with Crippen LogP contribution in [0.1, 0.15) is 13.8 Å². The minimum Gasteiger partial charge on any atom is -0.396 e. The van der Waals surface area contributed by atoms with E-state index in [1.165, 1.54) is 18.2 Å². The van der Waals surface area contributed by atoms with Gasteiger partial charge in [0.15, 0.2) is 0 Å². The number of nitrogen functional groups attached to an aromatic ring is 1. The minimum absolute atomic E-state index is 0.0401. The van der Waals surface area contributed by atoms with Crippen molar-refractivity contribution in [2.45, 2.75) is 18.6 Å². The van der Waals surface area contributed by atoms with Gasteiger partial charge in [0.2, 0.25) is 5.91 Å². The molecule has 0 unspecified atom stereocenters. The van der Waals surface area contributed by atoms with Gasteiger partial charge in [-0.2, -0.15) is 11.8 Å². The number of benzene rings is 1. The third-order valence-corrected chi connectivity index (χ3v) is 4.45. The molecule has 1 aromatic carbocycles. The summed E-state index contributed by atoms with van der Waals surface area (Å²) in [6.07, 6.45) is 0. The first-order valence-electron chi connectivity index (χ1n) is 6.57. The molecule has 0 radical (unpaired) electrons. The van der Waals surface area contributed by atoms with Crippen LogP contribution in [0.3, 0.4) is 0 Å². The van der Waals surface area contributed by atoms with Crippen molar-refractivity contribution in [2.24, 2.45) is 0 Å². The van der Waals surface area contributed by atoms with E-state index in [0.29, 0.717) is 12.2 Å². The van der Waals surface area contributed by atoms with Crippen LogP contribution in [0.5, 0.6) is 0 Å². The lowest BCUT2D eigenvalue weighted by molar-refractivity contribution is -0.117. The summed E-state index contributed by atoms with van der Waals surface area (Å²) in [7, 11) is 0. The number of halogens is 1. The summed E-state index contributed by atoms with van der Waals surface area (Å²) in [6, 6.07) is 4.20. The topological polar surface area (TPSA) is 58.4 Å². The Labute approximate surface area is 122 Å². The zero-order chi connectivity index (χ0) is 14.8. The summed E-state index contributed by atoms with van der Waals surface area (Å²) in [5.74, 6) is 0.459. The molecule has 1 aliphatic rings. The first-order valence-corrected chi connectivity index (χ1v) is 7.55. The maximum atomic E-state index is 13.0. The standard InChI is InChI=1S/C14H20FN3OS/c1-14(2)9-18(5-6-20-14)8-13(19)17-10-3-4-11(15)12(16)7-10/h3-4,7H,5-6,8-9,16H2,1-2H3,(H,17,19). The molecule has 0 aliphatic carbocycles. The highest BCUT2D eigenvalue weighted by Crippen LogP contribution is 2.29. The van der Waals surface area contributed by atoms with E-state index in [1.54, 1.807) is 0 Å². The Morgan fingerprint density at radius 2 is 2.30 bits per heavy atom. The maximum Gasteiger partial charge on any atom is 0.238 e. The van der Waals surface area contributed by atoms with Crippen LogP contribution in [0.4, 0.5) is 15.8 Å². The van der Waals surface area contributed by atoms with Gasteiger partial charge in [0.05, 0.1) is 12.2 Å². The normalized spacial score (nSPS) is 18.8. The first-order chi connectivity index (χ1) is 9.35. The molecule has 20 heavy (non-hydrogen) atoms. The van der Waals surface area contributed by atoms with Gasteiger partial charge in [0.1, 0.15) is 5.82 Å². The lowest BCUT2D eigenvalue weighted by Crippen LogP contribution is -2.46. The van der Waals surface area contributed by atoms with E-state index >= 15 is 0 Å². The van der Waals surface area contributed by atoms with E-state index < -0.39 is 5.82 Å². The molecule has 1 aromatic rings. The Kier molecular flexibility index (Phi) is 4.55. The molecule has 1 fully saturated rings. The molecular weight excluding hydrogens is 277 g/mol. The Balaban J connectivity index is 1.90. The largest absolute Gasteiger partial charge is 0.396 e. The number of carbonyl (C=O) groups is 1. The van der Waals surface area contributed by atoms with Crippen molar-refractivity contribution in [1.82, 2.24) is 4.90 Å². The number of carbonyl (C=O) groups excluding carboxylic acids is 1. The van der Waals surface area contributed by atoms with Crippen LogP contribution in [-0.2, 0) is 4.79 Å². The van der Waals surface area contributed by atoms with Gasteiger partial charge in [-0.1, -0.05) is 0 Å². The monoisotopic (exact) mass is 297 g/mol. The highest BCUT2D eigenvalue weighted by atomic mass is 32.2. The zero-order valence-electron chi connectivity index (χ0n) is 11.8. The fourth-order valence-electron chi connectivity index (χ4n) is 2.27. The van der Waals surface area contributed by atoms with Crippen molar-refractivity contribution in [3.63, 3.8) is 0 Å². The number of hydrogen-bond acceptors (Lipinski definition) is 4. The fourth-order valence-corrected chi connectivity index (χ4v) is 3.45. The molecule has 0 spiro atoms. The van der Waals surface area contributed by atoms with Gasteiger partial charge < -0.3 is 11.1 Å². The van der Waals surface area contributed by atoms with E-state index in [0.717, 1.165) is 18.8 Å². The van der Waals surface area contributed by atoms with Crippen LogP contribution in [-0.4, -0.2) is 40.9 Å². The van der Waals surface area contributed by atoms with E-state index in [2.05, 4.69) is 24.1 Å². The summed E-state index contributed by atoms with van der Waals surface area (Å²) in [4.78, 5) is 14.1. The van der Waals surface area contributed by atoms with E-state index in [4.69, 9.17) is 5.73 Å². The Hall–Kier alpha value is -1.27. The maximum absolute atomic E-state index is 13.0. The van der Waals surface area contributed by atoms with Crippen molar-refractivity contribution in [2.75, 3.05) is 36.4 Å². The van der Waals surface area contributed by atoms with E-state index in [9.17, 15) is 9.18 Å². The molecule has 1 aliphatic heterocycles. The number of thioether (sulfide) groups is 1. The average molecular weight is 297 g/mol. The second-order valence-corrected chi connectivity index (χ2v) is 7.41. The molecule has 6 heteroatoms. The van der Waals surface area contributed by atoms with E-state index in [1.807, 2.05) is 11.8 Å². The van der Waals surface area contributed by atoms with Crippen LogP contribution in [0.15, 0.2) is 18.2 Å². The second kappa shape index (κ2) is 6.01. The molecule has 2 rings (SSSR count). The number of nitrogens with one attached hydrogen (secondary N) is 1. The van der Waals surface area contributed by atoms with Crippen LogP contribution in [0.2, 0.25) is 0 Å². The van der Waals surface area contributed by atoms with Gasteiger partial charge in [0, 0.05) is 29.3 Å². The Bertz CT molecular complexity index is 507. The molecule has 0 bridgehead atoms. The summed E-state index contributed by atoms with van der Waals surface area (Å²) in [6.45, 7) is 6.51. The Morgan fingerprint density at radius 3 is 2.95 bits per heavy atom. The SMILES string of the molecule is CC1(C)CN(CC(=O)Nc2ccc(F)c(N)c2)CCS1. The molecule has 0 aromatic heterocycles. The molecule has 1 saturated heterocycles. The molecule has 4 nitrogen and oxygen atoms in total. The third-order valence-electron chi connectivity index (χ3n) is 3.15. The summed E-state index contributed by atoms with van der Waals surface area (Å²) in [5, 5.41) is 2.75. The average Bonchev–Trinajstić information content (AvgIpc) is 2.32. The van der Waals surface area contributed by atoms with Gasteiger partial charge in [-0.05, 0) is 32.0 Å². The highest BCUT2D eigenvalue weighted by Gasteiger charge is 2.27. The molecule has 0 atom stereocenters. The highest BCUT2D eigenvalue weighted by molar-refractivity contribution is 8.00. The van der Waals surface area contributed by atoms with Crippen LogP contribution < -0.4 is 11.1 Å². The summed E-state index contributed by atoms with van der Waals surface area (Å²) >= 11 is 1.93. The van der Waals surface area contributed by atoms with Crippen LogP contribution >= 0.6 is 11.8 Å². The third kappa shape index (κ3) is 4.11. The van der Waals surface area contributed by atoms with E-state index in [-0.39, 0.29) is 16.3 Å². The summed E-state index contributed by atoms with van der Waals surface area (Å²) < 4.78 is 13.2. The number of anilines is 2. The van der Waals surface area contributed by atoms with Gasteiger partial charge in [-0.15, -0.1) is 0 Å². The summed E-state index contributed by atoms with van der Waals surface area (Å²) in [5.41, 5.74) is 6.04. The lowest BCUT2D eigenvalue weighted by Gasteiger charge is -2.37. The second-order valence-electron chi connectivity index (χ2n) is 5.60. The first kappa shape index (κ1) is 15.1. The number of rotatable bonds is 3. The molecule has 0 saturated carbocycles. The van der Waals surface area contributed by atoms with Crippen molar-refractivity contribution < 1.29 is 9.18 Å². The van der Waals surface area contributed by atoms with Gasteiger partial charge >= 0.3 is 0 Å². The van der Waals surface area contributed by atoms with Crippen molar-refractivity contribution >= 4 is 29.0 Å². The molecule has 1 amide bonds. The molecule has 1 heterocycles. The zero-order valence-corrected chi connectivity index (χ0v) is 12.6. The van der Waals surface area contributed by atoms with Crippen molar-refractivity contribution in [3.05, 3.63) is 24.0 Å². The molecule has 110 valence electrons. The van der Waals surface area contributed by atoms with Crippen molar-refractivity contribution in [1.29, 1.82) is 0 Å².